The highest BCUT2D eigenvalue weighted by Gasteiger charge is 2.27. The van der Waals surface area contributed by atoms with E-state index in [9.17, 15) is 0 Å². The van der Waals surface area contributed by atoms with E-state index in [1.54, 1.807) is 0 Å². The molecule has 36 heavy (non-hydrogen) atoms. The molecule has 0 spiro atoms. The van der Waals surface area contributed by atoms with Gasteiger partial charge in [0.15, 0.2) is 0 Å². The Kier molecular flexibility index (Phi) is 9.82. The molecule has 1 aliphatic rings. The Morgan fingerprint density at radius 3 is 1.86 bits per heavy atom. The molecule has 2 heteroatoms. The van der Waals surface area contributed by atoms with E-state index in [0.717, 1.165) is 16.7 Å². The monoisotopic (exact) mass is 474 g/mol. The number of nitrogens with two attached hydrogens (primary N) is 1. The first-order valence-electron chi connectivity index (χ1n) is 12.9. The zero-order valence-corrected chi connectivity index (χ0v) is 21.8. The van der Waals surface area contributed by atoms with Crippen molar-refractivity contribution in [3.8, 4) is 0 Å². The largest absolute Gasteiger partial charge is 0.404 e. The fourth-order valence-electron chi connectivity index (χ4n) is 4.43. The molecular weight excluding hydrogens is 436 g/mol. The van der Waals surface area contributed by atoms with Crippen LogP contribution in [0.1, 0.15) is 67.9 Å². The lowest BCUT2D eigenvalue weighted by Gasteiger charge is -2.31. The third-order valence-corrected chi connectivity index (χ3v) is 6.47. The zero-order chi connectivity index (χ0) is 25.9. The molecule has 2 nitrogen and oxygen atoms in total. The van der Waals surface area contributed by atoms with Gasteiger partial charge in [0.25, 0.3) is 0 Å². The first-order chi connectivity index (χ1) is 17.6. The van der Waals surface area contributed by atoms with Crippen molar-refractivity contribution in [1.82, 2.24) is 0 Å². The normalized spacial score (nSPS) is 14.4. The summed E-state index contributed by atoms with van der Waals surface area (Å²) in [4.78, 5) is 0. The summed E-state index contributed by atoms with van der Waals surface area (Å²) in [6, 6.07) is 28.1. The molecule has 0 unspecified atom stereocenters. The second kappa shape index (κ2) is 13.3. The quantitative estimate of drug-likeness (QED) is 0.191. The highest BCUT2D eigenvalue weighted by molar-refractivity contribution is 6.08. The smallest absolute Gasteiger partial charge is 0.0270 e. The van der Waals surface area contributed by atoms with Gasteiger partial charge < -0.3 is 11.1 Å². The van der Waals surface area contributed by atoms with E-state index < -0.39 is 0 Å². The van der Waals surface area contributed by atoms with Crippen LogP contribution in [-0.2, 0) is 0 Å². The molecule has 1 aliphatic carbocycles. The third kappa shape index (κ3) is 6.40. The molecule has 3 N–H and O–H groups in total. The fourth-order valence-corrected chi connectivity index (χ4v) is 4.43. The van der Waals surface area contributed by atoms with E-state index >= 15 is 0 Å². The Morgan fingerprint density at radius 2 is 1.39 bits per heavy atom. The number of hydrogen-bond donors (Lipinski definition) is 2. The van der Waals surface area contributed by atoms with Gasteiger partial charge in [-0.15, -0.1) is 0 Å². The van der Waals surface area contributed by atoms with E-state index in [0.29, 0.717) is 11.5 Å². The van der Waals surface area contributed by atoms with Gasteiger partial charge in [-0.3, -0.25) is 0 Å². The molecule has 1 fully saturated rings. The van der Waals surface area contributed by atoms with Gasteiger partial charge in [-0.1, -0.05) is 123 Å². The van der Waals surface area contributed by atoms with Crippen LogP contribution in [0.15, 0.2) is 103 Å². The van der Waals surface area contributed by atoms with Crippen LogP contribution in [0.5, 0.6) is 0 Å². The van der Waals surface area contributed by atoms with Gasteiger partial charge in [-0.05, 0) is 64.6 Å². The lowest BCUT2D eigenvalue weighted by Crippen LogP contribution is -2.15. The van der Waals surface area contributed by atoms with E-state index in [1.807, 2.05) is 26.8 Å². The number of allylic oxidation sites excluding steroid dienone is 4. The first kappa shape index (κ1) is 26.7. The molecule has 0 aliphatic heterocycles. The summed E-state index contributed by atoms with van der Waals surface area (Å²) < 4.78 is 0. The molecular formula is C34H38N2. The van der Waals surface area contributed by atoms with Crippen LogP contribution in [0.3, 0.4) is 0 Å². The summed E-state index contributed by atoms with van der Waals surface area (Å²) in [5.41, 5.74) is 16.0. The second-order valence-corrected chi connectivity index (χ2v) is 8.93. The van der Waals surface area contributed by atoms with Crippen molar-refractivity contribution in [2.45, 2.75) is 40.0 Å². The third-order valence-electron chi connectivity index (χ3n) is 6.47. The van der Waals surface area contributed by atoms with E-state index in [1.165, 1.54) is 59.5 Å². The van der Waals surface area contributed by atoms with E-state index in [-0.39, 0.29) is 0 Å². The zero-order valence-electron chi connectivity index (χ0n) is 21.8. The summed E-state index contributed by atoms with van der Waals surface area (Å²) >= 11 is 0. The molecule has 3 aromatic rings. The van der Waals surface area contributed by atoms with Crippen molar-refractivity contribution in [3.63, 3.8) is 0 Å². The van der Waals surface area contributed by atoms with Crippen LogP contribution in [0.2, 0.25) is 0 Å². The van der Waals surface area contributed by atoms with E-state index in [2.05, 4.69) is 91.5 Å². The van der Waals surface area contributed by atoms with Crippen LogP contribution in [0.4, 0.5) is 0 Å². The molecule has 0 bridgehead atoms. The average Bonchev–Trinajstić information content (AvgIpc) is 2.90. The molecule has 0 atom stereocenters. The van der Waals surface area contributed by atoms with Crippen LogP contribution >= 0.6 is 0 Å². The molecule has 0 radical (unpaired) electrons. The molecule has 0 saturated heterocycles. The van der Waals surface area contributed by atoms with Gasteiger partial charge in [0.05, 0.1) is 0 Å². The molecule has 184 valence electrons. The van der Waals surface area contributed by atoms with E-state index in [4.69, 9.17) is 11.1 Å². The summed E-state index contributed by atoms with van der Waals surface area (Å²) in [6.07, 6.45) is 10.7. The molecule has 0 heterocycles. The van der Waals surface area contributed by atoms with Gasteiger partial charge in [-0.25, -0.2) is 0 Å². The van der Waals surface area contributed by atoms with Crippen LogP contribution in [-0.4, -0.2) is 6.21 Å². The molecule has 0 amide bonds. The number of nitrogens with one attached hydrogen (secondary N) is 1. The van der Waals surface area contributed by atoms with Crippen molar-refractivity contribution < 1.29 is 0 Å². The predicted octanol–water partition coefficient (Wildman–Crippen LogP) is 9.01. The maximum atomic E-state index is 7.63. The number of hydrogen-bond acceptors (Lipinski definition) is 2. The summed E-state index contributed by atoms with van der Waals surface area (Å²) in [6.45, 7) is 9.96. The number of rotatable bonds is 8. The first-order valence-corrected chi connectivity index (χ1v) is 12.9. The summed E-state index contributed by atoms with van der Waals surface area (Å²) in [5, 5.41) is 7.63. The Hall–Kier alpha value is -3.91. The summed E-state index contributed by atoms with van der Waals surface area (Å²) in [5.74, 6) is 0.557. The average molecular weight is 475 g/mol. The topological polar surface area (TPSA) is 49.9 Å². The molecule has 4 rings (SSSR count). The molecule has 1 saturated carbocycles. The lowest BCUT2D eigenvalue weighted by atomic mass is 9.73. The van der Waals surface area contributed by atoms with Gasteiger partial charge in [0, 0.05) is 18.0 Å². The molecule has 3 aromatic carbocycles. The number of benzene rings is 3. The minimum Gasteiger partial charge on any atom is -0.404 e. The predicted molar refractivity (Wildman–Crippen MR) is 159 cm³/mol. The minimum absolute atomic E-state index is 0.557. The Bertz CT molecular complexity index is 1240. The van der Waals surface area contributed by atoms with Crippen molar-refractivity contribution in [3.05, 3.63) is 131 Å². The van der Waals surface area contributed by atoms with Gasteiger partial charge in [0.2, 0.25) is 0 Å². The highest BCUT2D eigenvalue weighted by atomic mass is 14.5. The van der Waals surface area contributed by atoms with Crippen molar-refractivity contribution in [1.29, 1.82) is 5.41 Å². The van der Waals surface area contributed by atoms with Crippen molar-refractivity contribution in [2.24, 2.45) is 11.7 Å². The Balaban J connectivity index is 0.00000176. The Labute approximate surface area is 217 Å². The second-order valence-electron chi connectivity index (χ2n) is 8.93. The summed E-state index contributed by atoms with van der Waals surface area (Å²) in [7, 11) is 0. The van der Waals surface area contributed by atoms with Crippen LogP contribution < -0.4 is 5.73 Å². The maximum Gasteiger partial charge on any atom is 0.0270 e. The van der Waals surface area contributed by atoms with Gasteiger partial charge in [-0.2, -0.15) is 0 Å². The van der Waals surface area contributed by atoms with Crippen LogP contribution in [0.25, 0.3) is 22.8 Å². The SMILES string of the molecule is C=C(C)/C=C/c1ccc(/C(=C(\c2ccccc2)C2CCC2)c2ccc(/C(C=N)=C/N)cc2)cc1.CC. The van der Waals surface area contributed by atoms with Crippen molar-refractivity contribution in [2.75, 3.05) is 0 Å². The van der Waals surface area contributed by atoms with Gasteiger partial charge in [0.1, 0.15) is 0 Å². The lowest BCUT2D eigenvalue weighted by molar-refractivity contribution is 0.401. The molecule has 0 aromatic heterocycles. The van der Waals surface area contributed by atoms with Crippen molar-refractivity contribution >= 4 is 29.0 Å². The standard InChI is InChI=1S/C32H32N2.C2H6/c1-23(2)11-12-24-13-15-28(16-14-24)32(29-19-17-25(18-20-29)30(21-33)22-34)31(27-9-6-10-27)26-7-4-3-5-8-26;1-2/h3-5,7-8,11-22,27,33H,1,6,9-10,34H2,2H3;1-2H3/b12-11+,30-22+,32-31-,33-21?;. The maximum absolute atomic E-state index is 7.63. The Morgan fingerprint density at radius 1 is 0.833 bits per heavy atom. The minimum atomic E-state index is 0.557. The highest BCUT2D eigenvalue weighted by Crippen LogP contribution is 2.45. The fraction of sp³-hybridized carbons (Fsp3) is 0.206. The van der Waals surface area contributed by atoms with Crippen LogP contribution in [0, 0.1) is 11.3 Å². The van der Waals surface area contributed by atoms with Gasteiger partial charge >= 0.3 is 0 Å².